The van der Waals surface area contributed by atoms with Gasteiger partial charge in [-0.1, -0.05) is 38.3 Å². The number of thiophene rings is 1. The number of carbonyl (C=O) groups excluding carboxylic acids is 1. The number of rotatable bonds is 10. The molecule has 0 radical (unpaired) electrons. The maximum absolute atomic E-state index is 12.9. The number of nitrogens with zero attached hydrogens (tertiary/aromatic N) is 1. The standard InChI is InChI=1S/C24H31NO5S/c1-3-4-5-8-19(26)16-10-12-17(13-11-16)25-18(7-6-9-22(25)27)23(30-2)20-14-15-21(31-20)24(28)29/h10-15,18-19,23,26H,3-9H2,1-2H3,(H,28,29)/t18?,19?,23-/m1/s1. The number of amides is 1. The number of anilines is 1. The van der Waals surface area contributed by atoms with Crippen molar-refractivity contribution < 1.29 is 24.5 Å². The smallest absolute Gasteiger partial charge is 0.345 e. The van der Waals surface area contributed by atoms with Gasteiger partial charge in [0.15, 0.2) is 0 Å². The Morgan fingerprint density at radius 2 is 1.97 bits per heavy atom. The van der Waals surface area contributed by atoms with Gasteiger partial charge < -0.3 is 19.8 Å². The molecule has 3 rings (SSSR count). The first kappa shape index (κ1) is 23.4. The number of carboxylic acids is 1. The third-order valence-electron chi connectivity index (χ3n) is 5.85. The highest BCUT2D eigenvalue weighted by atomic mass is 32.1. The molecule has 0 bridgehead atoms. The van der Waals surface area contributed by atoms with Gasteiger partial charge >= 0.3 is 5.97 Å². The lowest BCUT2D eigenvalue weighted by Crippen LogP contribution is -2.47. The van der Waals surface area contributed by atoms with Crippen LogP contribution in [0.2, 0.25) is 0 Å². The van der Waals surface area contributed by atoms with Gasteiger partial charge in [-0.05, 0) is 49.1 Å². The van der Waals surface area contributed by atoms with Crippen molar-refractivity contribution in [2.45, 2.75) is 70.1 Å². The van der Waals surface area contributed by atoms with Gasteiger partial charge in [-0.3, -0.25) is 4.79 Å². The van der Waals surface area contributed by atoms with Crippen LogP contribution < -0.4 is 4.90 Å². The van der Waals surface area contributed by atoms with Gasteiger partial charge in [0.25, 0.3) is 0 Å². The third-order valence-corrected chi connectivity index (χ3v) is 6.98. The average molecular weight is 446 g/mol. The molecule has 1 saturated heterocycles. The number of benzene rings is 1. The minimum atomic E-state index is -0.962. The Kier molecular flexibility index (Phi) is 8.23. The number of unbranched alkanes of at least 4 members (excludes halogenated alkanes) is 2. The zero-order chi connectivity index (χ0) is 22.4. The second-order valence-electron chi connectivity index (χ2n) is 7.99. The average Bonchev–Trinajstić information content (AvgIpc) is 3.25. The fraction of sp³-hybridized carbons (Fsp3) is 0.500. The van der Waals surface area contributed by atoms with Gasteiger partial charge in [-0.25, -0.2) is 4.79 Å². The Morgan fingerprint density at radius 1 is 1.23 bits per heavy atom. The first-order valence-electron chi connectivity index (χ1n) is 10.9. The molecule has 0 spiro atoms. The number of piperidine rings is 1. The molecule has 2 heterocycles. The summed E-state index contributed by atoms with van der Waals surface area (Å²) in [6.45, 7) is 2.14. The third kappa shape index (κ3) is 5.53. The van der Waals surface area contributed by atoms with Gasteiger partial charge in [0, 0.05) is 24.1 Å². The molecule has 1 aliphatic heterocycles. The van der Waals surface area contributed by atoms with E-state index in [4.69, 9.17) is 4.74 Å². The topological polar surface area (TPSA) is 87.1 Å². The monoisotopic (exact) mass is 445 g/mol. The molecule has 2 unspecified atom stereocenters. The molecule has 1 aromatic heterocycles. The summed E-state index contributed by atoms with van der Waals surface area (Å²) >= 11 is 1.19. The summed E-state index contributed by atoms with van der Waals surface area (Å²) in [5.74, 6) is -0.930. The van der Waals surface area contributed by atoms with E-state index in [9.17, 15) is 19.8 Å². The Balaban J connectivity index is 1.82. The molecule has 3 atom stereocenters. The van der Waals surface area contributed by atoms with Crippen LogP contribution in [0.15, 0.2) is 36.4 Å². The van der Waals surface area contributed by atoms with E-state index < -0.39 is 18.2 Å². The van der Waals surface area contributed by atoms with Crippen LogP contribution in [0.3, 0.4) is 0 Å². The summed E-state index contributed by atoms with van der Waals surface area (Å²) < 4.78 is 5.77. The molecule has 1 amide bonds. The first-order valence-corrected chi connectivity index (χ1v) is 11.7. The zero-order valence-electron chi connectivity index (χ0n) is 18.1. The SMILES string of the molecule is CCCCCC(O)c1ccc(N2C(=O)CCCC2[C@@H](OC)c2ccc(C(=O)O)s2)cc1. The molecule has 0 saturated carbocycles. The molecule has 0 aliphatic carbocycles. The quantitative estimate of drug-likeness (QED) is 0.483. The van der Waals surface area contributed by atoms with Crippen LogP contribution in [-0.4, -0.2) is 35.2 Å². The summed E-state index contributed by atoms with van der Waals surface area (Å²) in [6.07, 6.45) is 5.04. The van der Waals surface area contributed by atoms with Crippen molar-refractivity contribution in [2.75, 3.05) is 12.0 Å². The molecule has 1 fully saturated rings. The summed E-state index contributed by atoms with van der Waals surface area (Å²) in [6, 6.07) is 10.7. The highest BCUT2D eigenvalue weighted by Crippen LogP contribution is 2.38. The number of aromatic carboxylic acids is 1. The van der Waals surface area contributed by atoms with Gasteiger partial charge in [-0.15, -0.1) is 11.3 Å². The number of carbonyl (C=O) groups is 2. The Hall–Kier alpha value is -2.22. The van der Waals surface area contributed by atoms with E-state index in [1.165, 1.54) is 11.3 Å². The van der Waals surface area contributed by atoms with Crippen LogP contribution >= 0.6 is 11.3 Å². The van der Waals surface area contributed by atoms with E-state index >= 15 is 0 Å². The Labute approximate surface area is 187 Å². The minimum Gasteiger partial charge on any atom is -0.477 e. The van der Waals surface area contributed by atoms with Crippen molar-refractivity contribution in [3.8, 4) is 0 Å². The van der Waals surface area contributed by atoms with Gasteiger partial charge in [0.2, 0.25) is 5.91 Å². The molecule has 2 N–H and O–H groups in total. The highest BCUT2D eigenvalue weighted by Gasteiger charge is 2.37. The molecular formula is C24H31NO5S. The minimum absolute atomic E-state index is 0.0320. The van der Waals surface area contributed by atoms with Gasteiger partial charge in [0.05, 0.1) is 12.1 Å². The van der Waals surface area contributed by atoms with Crippen molar-refractivity contribution in [1.82, 2.24) is 0 Å². The van der Waals surface area contributed by atoms with E-state index in [1.54, 1.807) is 24.1 Å². The fourth-order valence-corrected chi connectivity index (χ4v) is 5.20. The second kappa shape index (κ2) is 10.9. The summed E-state index contributed by atoms with van der Waals surface area (Å²) in [7, 11) is 1.60. The van der Waals surface area contributed by atoms with E-state index in [-0.39, 0.29) is 16.8 Å². The number of aliphatic hydroxyl groups excluding tert-OH is 1. The summed E-state index contributed by atoms with van der Waals surface area (Å²) in [5, 5.41) is 19.7. The molecule has 2 aromatic rings. The Bertz CT molecular complexity index is 878. The van der Waals surface area contributed by atoms with Crippen LogP contribution in [0.5, 0.6) is 0 Å². The maximum atomic E-state index is 12.9. The lowest BCUT2D eigenvalue weighted by atomic mass is 9.94. The lowest BCUT2D eigenvalue weighted by Gasteiger charge is -2.39. The van der Waals surface area contributed by atoms with Crippen molar-refractivity contribution in [3.63, 3.8) is 0 Å². The molecule has 7 heteroatoms. The van der Waals surface area contributed by atoms with E-state index in [0.29, 0.717) is 6.42 Å². The van der Waals surface area contributed by atoms with Crippen molar-refractivity contribution in [2.24, 2.45) is 0 Å². The molecule has 168 valence electrons. The van der Waals surface area contributed by atoms with Crippen molar-refractivity contribution in [1.29, 1.82) is 0 Å². The number of methoxy groups -OCH3 is 1. The normalized spacial score (nSPS) is 18.7. The van der Waals surface area contributed by atoms with E-state index in [1.807, 2.05) is 24.3 Å². The van der Waals surface area contributed by atoms with Crippen LogP contribution in [0.1, 0.15) is 84.2 Å². The van der Waals surface area contributed by atoms with E-state index in [2.05, 4.69) is 6.92 Å². The molecule has 6 nitrogen and oxygen atoms in total. The van der Waals surface area contributed by atoms with Crippen LogP contribution in [-0.2, 0) is 9.53 Å². The van der Waals surface area contributed by atoms with Crippen molar-refractivity contribution in [3.05, 3.63) is 51.7 Å². The Morgan fingerprint density at radius 3 is 2.58 bits per heavy atom. The van der Waals surface area contributed by atoms with Gasteiger partial charge in [0.1, 0.15) is 11.0 Å². The summed E-state index contributed by atoms with van der Waals surface area (Å²) in [5.41, 5.74) is 1.63. The molecule has 1 aliphatic rings. The second-order valence-corrected chi connectivity index (χ2v) is 9.11. The number of ether oxygens (including phenoxy) is 1. The zero-order valence-corrected chi connectivity index (χ0v) is 18.9. The first-order chi connectivity index (χ1) is 15.0. The predicted octanol–water partition coefficient (Wildman–Crippen LogP) is 5.33. The van der Waals surface area contributed by atoms with Crippen LogP contribution in [0, 0.1) is 0 Å². The van der Waals surface area contributed by atoms with Crippen LogP contribution in [0.25, 0.3) is 0 Å². The number of hydrogen-bond acceptors (Lipinski definition) is 5. The molecular weight excluding hydrogens is 414 g/mol. The summed E-state index contributed by atoms with van der Waals surface area (Å²) in [4.78, 5) is 27.0. The van der Waals surface area contributed by atoms with Crippen LogP contribution in [0.4, 0.5) is 5.69 Å². The highest BCUT2D eigenvalue weighted by molar-refractivity contribution is 7.14. The molecule has 1 aromatic carbocycles. The van der Waals surface area contributed by atoms with Gasteiger partial charge in [-0.2, -0.15) is 0 Å². The predicted molar refractivity (Wildman–Crippen MR) is 122 cm³/mol. The largest absolute Gasteiger partial charge is 0.477 e. The maximum Gasteiger partial charge on any atom is 0.345 e. The fourth-order valence-electron chi connectivity index (χ4n) is 4.21. The number of carboxylic acid groups (broad SMARTS) is 1. The van der Waals surface area contributed by atoms with E-state index in [0.717, 1.165) is 54.7 Å². The lowest BCUT2D eigenvalue weighted by molar-refractivity contribution is -0.121. The molecule has 31 heavy (non-hydrogen) atoms. The van der Waals surface area contributed by atoms with Crippen molar-refractivity contribution >= 4 is 28.9 Å². The number of hydrogen-bond donors (Lipinski definition) is 2. The number of aliphatic hydroxyl groups is 1.